The monoisotopic (exact) mass is 325 g/mol. The van der Waals surface area contributed by atoms with Crippen molar-refractivity contribution >= 4 is 17.2 Å². The van der Waals surface area contributed by atoms with Crippen molar-refractivity contribution in [3.63, 3.8) is 0 Å². The van der Waals surface area contributed by atoms with Crippen LogP contribution in [0.5, 0.6) is 5.75 Å². The molecule has 1 N–H and O–H groups in total. The molecule has 4 heterocycles. The molecule has 1 saturated heterocycles. The summed E-state index contributed by atoms with van der Waals surface area (Å²) in [5, 5.41) is 3.39. The Morgan fingerprint density at radius 2 is 2.29 bits per heavy atom. The molecule has 7 nitrogen and oxygen atoms in total. The number of piperazine rings is 1. The number of pyridine rings is 2. The summed E-state index contributed by atoms with van der Waals surface area (Å²) in [6.07, 6.45) is 3.45. The van der Waals surface area contributed by atoms with Crippen LogP contribution in [-0.4, -0.2) is 47.2 Å². The average molecular weight is 325 g/mol. The maximum absolute atomic E-state index is 5.90. The number of nitrogens with zero attached hydrogens (tertiary/aromatic N) is 4. The van der Waals surface area contributed by atoms with Gasteiger partial charge in [0, 0.05) is 31.5 Å². The van der Waals surface area contributed by atoms with Crippen molar-refractivity contribution in [2.45, 2.75) is 13.0 Å². The van der Waals surface area contributed by atoms with E-state index in [1.807, 2.05) is 31.2 Å². The maximum Gasteiger partial charge on any atom is 0.300 e. The minimum atomic E-state index is 0.133. The zero-order chi connectivity index (χ0) is 16.4. The van der Waals surface area contributed by atoms with Gasteiger partial charge in [-0.2, -0.15) is 4.98 Å². The molecule has 24 heavy (non-hydrogen) atoms. The van der Waals surface area contributed by atoms with Gasteiger partial charge in [0.1, 0.15) is 12.4 Å². The second-order valence-corrected chi connectivity index (χ2v) is 5.82. The smallest absolute Gasteiger partial charge is 0.300 e. The Kier molecular flexibility index (Phi) is 4.00. The molecule has 7 heteroatoms. The normalized spacial score (nSPS) is 18.0. The standard InChI is InChI=1S/C17H19N5O2/c1-12-4-5-15-16(20-12)21-17(24-15)22-8-7-19-9-13(22)11-23-14-3-2-6-18-10-14/h2-6,10,13,19H,7-9,11H2,1H3/t13-/m1/s1. The van der Waals surface area contributed by atoms with Crippen molar-refractivity contribution in [2.24, 2.45) is 0 Å². The number of ether oxygens (including phenoxy) is 1. The van der Waals surface area contributed by atoms with Crippen molar-refractivity contribution in [3.8, 4) is 5.75 Å². The predicted octanol–water partition coefficient (Wildman–Crippen LogP) is 1.78. The molecule has 124 valence electrons. The topological polar surface area (TPSA) is 76.3 Å². The number of rotatable bonds is 4. The third-order valence-corrected chi connectivity index (χ3v) is 4.05. The van der Waals surface area contributed by atoms with Crippen LogP contribution >= 0.6 is 0 Å². The van der Waals surface area contributed by atoms with Crippen molar-refractivity contribution in [2.75, 3.05) is 31.1 Å². The van der Waals surface area contributed by atoms with Gasteiger partial charge < -0.3 is 19.4 Å². The van der Waals surface area contributed by atoms with Gasteiger partial charge in [-0.15, -0.1) is 0 Å². The Bertz CT molecular complexity index is 820. The molecule has 0 aromatic carbocycles. The van der Waals surface area contributed by atoms with Gasteiger partial charge in [0.2, 0.25) is 5.65 Å². The summed E-state index contributed by atoms with van der Waals surface area (Å²) in [6, 6.07) is 8.34. The van der Waals surface area contributed by atoms with Crippen LogP contribution in [0.4, 0.5) is 6.01 Å². The number of aromatic nitrogens is 3. The zero-order valence-corrected chi connectivity index (χ0v) is 13.5. The van der Waals surface area contributed by atoms with E-state index in [0.29, 0.717) is 23.9 Å². The quantitative estimate of drug-likeness (QED) is 0.783. The first-order chi connectivity index (χ1) is 11.8. The van der Waals surface area contributed by atoms with Gasteiger partial charge in [-0.3, -0.25) is 4.98 Å². The number of fused-ring (bicyclic) bond motifs is 1. The van der Waals surface area contributed by atoms with Gasteiger partial charge in [0.05, 0.1) is 12.2 Å². The molecule has 1 fully saturated rings. The van der Waals surface area contributed by atoms with Gasteiger partial charge in [-0.1, -0.05) is 0 Å². The first-order valence-electron chi connectivity index (χ1n) is 8.04. The van der Waals surface area contributed by atoms with Crippen LogP contribution in [0.25, 0.3) is 11.2 Å². The molecule has 1 aliphatic heterocycles. The summed E-state index contributed by atoms with van der Waals surface area (Å²) in [4.78, 5) is 15.2. The number of hydrogen-bond acceptors (Lipinski definition) is 7. The highest BCUT2D eigenvalue weighted by atomic mass is 16.5. The van der Waals surface area contributed by atoms with Gasteiger partial charge in [-0.05, 0) is 31.2 Å². The van der Waals surface area contributed by atoms with Crippen molar-refractivity contribution in [1.82, 2.24) is 20.3 Å². The van der Waals surface area contributed by atoms with Crippen molar-refractivity contribution in [1.29, 1.82) is 0 Å². The number of oxazole rings is 1. The highest BCUT2D eigenvalue weighted by Gasteiger charge is 2.27. The fourth-order valence-electron chi connectivity index (χ4n) is 2.81. The van der Waals surface area contributed by atoms with Crippen LogP contribution in [0.3, 0.4) is 0 Å². The van der Waals surface area contributed by atoms with Crippen LogP contribution in [0.1, 0.15) is 5.69 Å². The maximum atomic E-state index is 5.90. The molecule has 0 radical (unpaired) electrons. The zero-order valence-electron chi connectivity index (χ0n) is 13.5. The highest BCUT2D eigenvalue weighted by molar-refractivity contribution is 5.70. The molecule has 0 saturated carbocycles. The lowest BCUT2D eigenvalue weighted by atomic mass is 10.2. The molecule has 3 aromatic heterocycles. The van der Waals surface area contributed by atoms with Crippen LogP contribution in [0.15, 0.2) is 41.1 Å². The van der Waals surface area contributed by atoms with Gasteiger partial charge in [-0.25, -0.2) is 4.98 Å². The van der Waals surface area contributed by atoms with E-state index in [4.69, 9.17) is 9.15 Å². The van der Waals surface area contributed by atoms with E-state index in [0.717, 1.165) is 31.1 Å². The third-order valence-electron chi connectivity index (χ3n) is 4.05. The molecule has 0 spiro atoms. The molecular weight excluding hydrogens is 306 g/mol. The summed E-state index contributed by atoms with van der Waals surface area (Å²) in [6.45, 7) is 4.99. The number of aryl methyl sites for hydroxylation is 1. The second-order valence-electron chi connectivity index (χ2n) is 5.82. The third kappa shape index (κ3) is 3.03. The predicted molar refractivity (Wildman–Crippen MR) is 90.3 cm³/mol. The van der Waals surface area contributed by atoms with Gasteiger partial charge in [0.25, 0.3) is 6.01 Å². The Balaban J connectivity index is 1.54. The fourth-order valence-corrected chi connectivity index (χ4v) is 2.81. The first-order valence-corrected chi connectivity index (χ1v) is 8.04. The van der Waals surface area contributed by atoms with Crippen LogP contribution in [-0.2, 0) is 0 Å². The van der Waals surface area contributed by atoms with Gasteiger partial charge in [0.15, 0.2) is 5.58 Å². The molecule has 0 amide bonds. The largest absolute Gasteiger partial charge is 0.490 e. The molecule has 1 atom stereocenters. The molecular formula is C17H19N5O2. The van der Waals surface area contributed by atoms with Crippen molar-refractivity contribution in [3.05, 3.63) is 42.4 Å². The Hall–Kier alpha value is -2.67. The SMILES string of the molecule is Cc1ccc2oc(N3CCNC[C@@H]3COc3cccnc3)nc2n1. The fraction of sp³-hybridized carbons (Fsp3) is 0.353. The molecule has 1 aliphatic rings. The Morgan fingerprint density at radius 1 is 1.33 bits per heavy atom. The summed E-state index contributed by atoms with van der Waals surface area (Å²) < 4.78 is 11.8. The number of nitrogens with one attached hydrogen (secondary N) is 1. The number of hydrogen-bond donors (Lipinski definition) is 1. The minimum absolute atomic E-state index is 0.133. The molecule has 0 aliphatic carbocycles. The first kappa shape index (κ1) is 14.9. The van der Waals surface area contributed by atoms with E-state index in [1.54, 1.807) is 12.4 Å². The van der Waals surface area contributed by atoms with E-state index in [1.165, 1.54) is 0 Å². The summed E-state index contributed by atoms with van der Waals surface area (Å²) in [5.41, 5.74) is 2.29. The molecule has 0 bridgehead atoms. The Labute approximate surface area is 139 Å². The lowest BCUT2D eigenvalue weighted by Gasteiger charge is -2.34. The highest BCUT2D eigenvalue weighted by Crippen LogP contribution is 2.23. The number of anilines is 1. The van der Waals surface area contributed by atoms with Gasteiger partial charge >= 0.3 is 0 Å². The van der Waals surface area contributed by atoms with E-state index in [2.05, 4.69) is 25.2 Å². The van der Waals surface area contributed by atoms with E-state index in [9.17, 15) is 0 Å². The van der Waals surface area contributed by atoms with E-state index >= 15 is 0 Å². The summed E-state index contributed by atoms with van der Waals surface area (Å²) >= 11 is 0. The van der Waals surface area contributed by atoms with E-state index in [-0.39, 0.29) is 6.04 Å². The molecule has 0 unspecified atom stereocenters. The van der Waals surface area contributed by atoms with E-state index < -0.39 is 0 Å². The second kappa shape index (κ2) is 6.45. The summed E-state index contributed by atoms with van der Waals surface area (Å²) in [5.74, 6) is 0.762. The minimum Gasteiger partial charge on any atom is -0.490 e. The average Bonchev–Trinajstić information content (AvgIpc) is 3.04. The van der Waals surface area contributed by atoms with Crippen LogP contribution in [0, 0.1) is 6.92 Å². The summed E-state index contributed by atoms with van der Waals surface area (Å²) in [7, 11) is 0. The van der Waals surface area contributed by atoms with Crippen LogP contribution in [0.2, 0.25) is 0 Å². The van der Waals surface area contributed by atoms with Crippen molar-refractivity contribution < 1.29 is 9.15 Å². The Morgan fingerprint density at radius 3 is 3.17 bits per heavy atom. The van der Waals surface area contributed by atoms with Crippen LogP contribution < -0.4 is 15.0 Å². The molecule has 3 aromatic rings. The molecule has 4 rings (SSSR count). The lowest BCUT2D eigenvalue weighted by Crippen LogP contribution is -2.54. The lowest BCUT2D eigenvalue weighted by molar-refractivity contribution is 0.261.